The molecule has 7 aromatic carbocycles. The highest BCUT2D eigenvalue weighted by Crippen LogP contribution is 2.41. The van der Waals surface area contributed by atoms with Crippen molar-refractivity contribution in [2.24, 2.45) is 0 Å². The van der Waals surface area contributed by atoms with Crippen molar-refractivity contribution in [1.82, 2.24) is 4.57 Å². The maximum absolute atomic E-state index is 6.74. The van der Waals surface area contributed by atoms with Gasteiger partial charge in [0.05, 0.1) is 11.0 Å². The van der Waals surface area contributed by atoms with Crippen molar-refractivity contribution in [1.29, 1.82) is 0 Å². The van der Waals surface area contributed by atoms with E-state index in [0.29, 0.717) is 0 Å². The Morgan fingerprint density at radius 3 is 2.09 bits per heavy atom. The van der Waals surface area contributed by atoms with Crippen LogP contribution in [0.4, 0.5) is 0 Å². The third-order valence-corrected chi connectivity index (χ3v) is 10.3. The molecule has 0 aliphatic rings. The van der Waals surface area contributed by atoms with Crippen molar-refractivity contribution in [3.8, 4) is 27.9 Å². The summed E-state index contributed by atoms with van der Waals surface area (Å²) in [5, 5.41) is 7.39. The van der Waals surface area contributed by atoms with Crippen LogP contribution in [0.3, 0.4) is 0 Å². The van der Waals surface area contributed by atoms with Gasteiger partial charge in [-0.25, -0.2) is 0 Å². The Labute approximate surface area is 263 Å². The zero-order valence-electron chi connectivity index (χ0n) is 24.2. The second-order valence-electron chi connectivity index (χ2n) is 11.7. The van der Waals surface area contributed by atoms with Gasteiger partial charge in [-0.3, -0.25) is 0 Å². The van der Waals surface area contributed by atoms with E-state index in [-0.39, 0.29) is 0 Å². The fourth-order valence-electron chi connectivity index (χ4n) is 7.11. The van der Waals surface area contributed by atoms with Crippen molar-refractivity contribution >= 4 is 75.3 Å². The van der Waals surface area contributed by atoms with Crippen LogP contribution in [0.5, 0.6) is 0 Å². The molecule has 3 heteroatoms. The van der Waals surface area contributed by atoms with Gasteiger partial charge in [-0.2, -0.15) is 0 Å². The summed E-state index contributed by atoms with van der Waals surface area (Å²) in [7, 11) is 0. The van der Waals surface area contributed by atoms with Crippen LogP contribution in [-0.2, 0) is 0 Å². The number of rotatable bonds is 3. The highest BCUT2D eigenvalue weighted by atomic mass is 32.1. The minimum absolute atomic E-state index is 0.893. The van der Waals surface area contributed by atoms with Crippen molar-refractivity contribution in [2.75, 3.05) is 0 Å². The quantitative estimate of drug-likeness (QED) is 0.200. The van der Waals surface area contributed by atoms with E-state index in [0.717, 1.165) is 33.2 Å². The monoisotopic (exact) mass is 591 g/mol. The first kappa shape index (κ1) is 24.8. The van der Waals surface area contributed by atoms with E-state index in [1.165, 1.54) is 58.7 Å². The summed E-state index contributed by atoms with van der Waals surface area (Å²) < 4.78 is 11.7. The van der Waals surface area contributed by atoms with E-state index < -0.39 is 0 Å². The first-order valence-corrected chi connectivity index (χ1v) is 16.1. The Morgan fingerprint density at radius 1 is 0.422 bits per heavy atom. The molecule has 3 heterocycles. The van der Waals surface area contributed by atoms with Crippen molar-refractivity contribution in [2.45, 2.75) is 0 Å². The Bertz CT molecular complexity index is 2760. The topological polar surface area (TPSA) is 18.1 Å². The number of fused-ring (bicyclic) bond motifs is 9. The molecule has 2 nitrogen and oxygen atoms in total. The van der Waals surface area contributed by atoms with Crippen LogP contribution in [0.15, 0.2) is 156 Å². The Hall–Kier alpha value is -5.64. The number of nitrogens with zero attached hydrogens (tertiary/aromatic N) is 1. The molecule has 0 aliphatic heterocycles. The molecular formula is C42H25NOS. The molecule has 0 spiro atoms. The molecular weight excluding hydrogens is 567 g/mol. The van der Waals surface area contributed by atoms with Crippen LogP contribution in [0.25, 0.3) is 91.9 Å². The summed E-state index contributed by atoms with van der Waals surface area (Å²) in [6, 6.07) is 54.7. The van der Waals surface area contributed by atoms with Gasteiger partial charge in [0.2, 0.25) is 0 Å². The Morgan fingerprint density at radius 2 is 1.16 bits per heavy atom. The van der Waals surface area contributed by atoms with E-state index in [4.69, 9.17) is 4.42 Å². The van der Waals surface area contributed by atoms with E-state index in [1.807, 2.05) is 11.3 Å². The summed E-state index contributed by atoms with van der Waals surface area (Å²) in [4.78, 5) is 0. The van der Waals surface area contributed by atoms with Gasteiger partial charge in [0, 0.05) is 59.0 Å². The van der Waals surface area contributed by atoms with E-state index in [9.17, 15) is 0 Å². The standard InChI is InChI=1S/C42H25NOS/c1-2-9-26(10-3-1)27-18-22-38-36(23-27)31-11-4-6-15-37(31)43(38)29-19-21-32-35-14-8-13-30(42(35)44-39(32)25-29)28-17-20-34-33-12-5-7-16-40(33)45-41(34)24-28/h1-25H. The summed E-state index contributed by atoms with van der Waals surface area (Å²) >= 11 is 1.85. The van der Waals surface area contributed by atoms with Crippen LogP contribution < -0.4 is 0 Å². The van der Waals surface area contributed by atoms with E-state index >= 15 is 0 Å². The molecule has 0 unspecified atom stereocenters. The van der Waals surface area contributed by atoms with E-state index in [1.54, 1.807) is 0 Å². The number of hydrogen-bond donors (Lipinski definition) is 0. The molecule has 0 saturated carbocycles. The van der Waals surface area contributed by atoms with Gasteiger partial charge in [-0.15, -0.1) is 11.3 Å². The predicted molar refractivity (Wildman–Crippen MR) is 192 cm³/mol. The van der Waals surface area contributed by atoms with Crippen molar-refractivity contribution < 1.29 is 4.42 Å². The average molecular weight is 592 g/mol. The summed E-state index contributed by atoms with van der Waals surface area (Å²) in [5.74, 6) is 0. The molecule has 0 bridgehead atoms. The highest BCUT2D eigenvalue weighted by molar-refractivity contribution is 7.25. The molecule has 10 aromatic rings. The molecule has 0 N–H and O–H groups in total. The minimum Gasteiger partial charge on any atom is -0.455 e. The fourth-order valence-corrected chi connectivity index (χ4v) is 8.25. The smallest absolute Gasteiger partial charge is 0.143 e. The normalized spacial score (nSPS) is 12.0. The lowest BCUT2D eigenvalue weighted by Gasteiger charge is -2.08. The predicted octanol–water partition coefficient (Wildman–Crippen LogP) is 12.4. The van der Waals surface area contributed by atoms with Gasteiger partial charge in [0.25, 0.3) is 0 Å². The maximum atomic E-state index is 6.74. The number of para-hydroxylation sites is 2. The first-order chi connectivity index (χ1) is 22.3. The van der Waals surface area contributed by atoms with Crippen LogP contribution in [0.1, 0.15) is 0 Å². The SMILES string of the molecule is c1ccc(-c2ccc3c(c2)c2ccccc2n3-c2ccc3c(c2)oc2c(-c4ccc5c(c4)sc4ccccc45)cccc23)cc1. The molecule has 0 atom stereocenters. The van der Waals surface area contributed by atoms with Gasteiger partial charge < -0.3 is 8.98 Å². The molecule has 3 aromatic heterocycles. The second-order valence-corrected chi connectivity index (χ2v) is 12.8. The molecule has 10 rings (SSSR count). The number of aromatic nitrogens is 1. The van der Waals surface area contributed by atoms with Gasteiger partial charge >= 0.3 is 0 Å². The molecule has 0 saturated heterocycles. The Balaban J connectivity index is 1.15. The van der Waals surface area contributed by atoms with Crippen molar-refractivity contribution in [3.05, 3.63) is 152 Å². The molecule has 45 heavy (non-hydrogen) atoms. The average Bonchev–Trinajstić information content (AvgIpc) is 3.77. The fraction of sp³-hybridized carbons (Fsp3) is 0. The largest absolute Gasteiger partial charge is 0.455 e. The third-order valence-electron chi connectivity index (χ3n) is 9.21. The third kappa shape index (κ3) is 3.68. The van der Waals surface area contributed by atoms with Crippen LogP contribution >= 0.6 is 11.3 Å². The van der Waals surface area contributed by atoms with Crippen LogP contribution in [-0.4, -0.2) is 4.57 Å². The number of hydrogen-bond acceptors (Lipinski definition) is 2. The lowest BCUT2D eigenvalue weighted by molar-refractivity contribution is 0.669. The van der Waals surface area contributed by atoms with Crippen LogP contribution in [0.2, 0.25) is 0 Å². The summed E-state index contributed by atoms with van der Waals surface area (Å²) in [5.41, 5.74) is 10.0. The van der Waals surface area contributed by atoms with Gasteiger partial charge in [0.15, 0.2) is 0 Å². The van der Waals surface area contributed by atoms with E-state index in [2.05, 4.69) is 156 Å². The van der Waals surface area contributed by atoms with Gasteiger partial charge in [0.1, 0.15) is 11.2 Å². The lowest BCUT2D eigenvalue weighted by atomic mass is 10.0. The molecule has 0 radical (unpaired) electrons. The minimum atomic E-state index is 0.893. The van der Waals surface area contributed by atoms with Crippen molar-refractivity contribution in [3.63, 3.8) is 0 Å². The number of benzene rings is 7. The number of furan rings is 1. The molecule has 0 aliphatic carbocycles. The summed E-state index contributed by atoms with van der Waals surface area (Å²) in [6.45, 7) is 0. The zero-order chi connectivity index (χ0) is 29.5. The molecule has 210 valence electrons. The molecule has 0 amide bonds. The number of thiophene rings is 1. The highest BCUT2D eigenvalue weighted by Gasteiger charge is 2.17. The summed E-state index contributed by atoms with van der Waals surface area (Å²) in [6.07, 6.45) is 0. The molecule has 0 fully saturated rings. The van der Waals surface area contributed by atoms with Crippen LogP contribution in [0, 0.1) is 0 Å². The Kier molecular flexibility index (Phi) is 5.19. The maximum Gasteiger partial charge on any atom is 0.143 e. The van der Waals surface area contributed by atoms with Gasteiger partial charge in [-0.05, 0) is 59.2 Å². The zero-order valence-corrected chi connectivity index (χ0v) is 25.0. The first-order valence-electron chi connectivity index (χ1n) is 15.3. The second kappa shape index (κ2) is 9.43. The van der Waals surface area contributed by atoms with Gasteiger partial charge in [-0.1, -0.05) is 103 Å². The lowest BCUT2D eigenvalue weighted by Crippen LogP contribution is -1.93.